The number of nitrogens with one attached hydrogen (secondary N) is 1. The molecule has 2 N–H and O–H groups in total. The first-order valence-corrected chi connectivity index (χ1v) is 3.31. The predicted molar refractivity (Wildman–Crippen MR) is 40.9 cm³/mol. The van der Waals surface area contributed by atoms with E-state index in [1.807, 2.05) is 0 Å². The molecule has 10 heavy (non-hydrogen) atoms. The number of hydrogen-bond acceptors (Lipinski definition) is 3. The van der Waals surface area contributed by atoms with E-state index in [0.29, 0.717) is 6.61 Å². The molecule has 0 amide bonds. The van der Waals surface area contributed by atoms with E-state index in [1.54, 1.807) is 13.2 Å². The lowest BCUT2D eigenvalue weighted by molar-refractivity contribution is 0.190. The third-order valence-electron chi connectivity index (χ3n) is 1.19. The van der Waals surface area contributed by atoms with E-state index in [1.165, 1.54) is 0 Å². The third kappa shape index (κ3) is 4.49. The van der Waals surface area contributed by atoms with Crippen molar-refractivity contribution in [3.8, 4) is 0 Å². The van der Waals surface area contributed by atoms with Crippen molar-refractivity contribution < 1.29 is 9.84 Å². The van der Waals surface area contributed by atoms with Crippen LogP contribution in [0, 0.1) is 0 Å². The van der Waals surface area contributed by atoms with Gasteiger partial charge in [-0.05, 0) is 0 Å². The molecule has 0 heterocycles. The summed E-state index contributed by atoms with van der Waals surface area (Å²) in [5.74, 6) is 0. The molecule has 0 fully saturated rings. The van der Waals surface area contributed by atoms with Crippen LogP contribution in [0.2, 0.25) is 0 Å². The average molecular weight is 145 g/mol. The smallest absolute Gasteiger partial charge is 0.0620 e. The van der Waals surface area contributed by atoms with Gasteiger partial charge < -0.3 is 15.2 Å². The molecule has 0 aromatic rings. The van der Waals surface area contributed by atoms with E-state index < -0.39 is 0 Å². The van der Waals surface area contributed by atoms with E-state index in [4.69, 9.17) is 9.84 Å². The first-order chi connectivity index (χ1) is 4.85. The molecule has 0 aliphatic rings. The van der Waals surface area contributed by atoms with Gasteiger partial charge in [-0.15, -0.1) is 6.58 Å². The van der Waals surface area contributed by atoms with E-state index >= 15 is 0 Å². The van der Waals surface area contributed by atoms with Gasteiger partial charge in [-0.1, -0.05) is 6.08 Å². The number of aliphatic hydroxyl groups is 1. The fourth-order valence-corrected chi connectivity index (χ4v) is 0.569. The number of ether oxygens (including phenoxy) is 1. The minimum atomic E-state index is -0.00449. The van der Waals surface area contributed by atoms with Crippen LogP contribution >= 0.6 is 0 Å². The van der Waals surface area contributed by atoms with Crippen LogP contribution in [0.4, 0.5) is 0 Å². The van der Waals surface area contributed by atoms with Crippen LogP contribution in [0.1, 0.15) is 0 Å². The summed E-state index contributed by atoms with van der Waals surface area (Å²) >= 11 is 0. The second-order valence-electron chi connectivity index (χ2n) is 1.97. The maximum absolute atomic E-state index is 8.65. The molecule has 0 aliphatic heterocycles. The largest absolute Gasteiger partial charge is 0.394 e. The van der Waals surface area contributed by atoms with Gasteiger partial charge in [-0.25, -0.2) is 0 Å². The van der Waals surface area contributed by atoms with Crippen molar-refractivity contribution in [1.29, 1.82) is 0 Å². The van der Waals surface area contributed by atoms with E-state index in [0.717, 1.165) is 6.54 Å². The highest BCUT2D eigenvalue weighted by Crippen LogP contribution is 1.80. The zero-order chi connectivity index (χ0) is 7.82. The second kappa shape index (κ2) is 6.74. The number of aliphatic hydroxyl groups excluding tert-OH is 1. The molecule has 0 radical (unpaired) electrons. The Balaban J connectivity index is 3.17. The number of rotatable bonds is 6. The molecule has 0 saturated carbocycles. The molecular weight excluding hydrogens is 130 g/mol. The molecule has 0 aromatic heterocycles. The fraction of sp³-hybridized carbons (Fsp3) is 0.714. The van der Waals surface area contributed by atoms with Crippen LogP contribution in [-0.2, 0) is 4.74 Å². The van der Waals surface area contributed by atoms with Gasteiger partial charge >= 0.3 is 0 Å². The standard InChI is InChI=1S/C7H15NO2/c1-3-7(6-9)8-4-5-10-2/h3,7-9H,1,4-6H2,2H3/t7-/m0/s1. The zero-order valence-corrected chi connectivity index (χ0v) is 6.34. The molecular formula is C7H15NO2. The lowest BCUT2D eigenvalue weighted by atomic mass is 10.3. The van der Waals surface area contributed by atoms with E-state index in [2.05, 4.69) is 11.9 Å². The highest BCUT2D eigenvalue weighted by atomic mass is 16.5. The minimum Gasteiger partial charge on any atom is -0.394 e. The topological polar surface area (TPSA) is 41.5 Å². The van der Waals surface area contributed by atoms with Crippen molar-refractivity contribution in [1.82, 2.24) is 5.32 Å². The van der Waals surface area contributed by atoms with Gasteiger partial charge in [0.15, 0.2) is 0 Å². The van der Waals surface area contributed by atoms with Gasteiger partial charge in [0.25, 0.3) is 0 Å². The first-order valence-electron chi connectivity index (χ1n) is 3.31. The van der Waals surface area contributed by atoms with Gasteiger partial charge in [-0.3, -0.25) is 0 Å². The Hall–Kier alpha value is -0.380. The van der Waals surface area contributed by atoms with Crippen LogP contribution in [-0.4, -0.2) is 38.0 Å². The summed E-state index contributed by atoms with van der Waals surface area (Å²) < 4.78 is 4.80. The van der Waals surface area contributed by atoms with Crippen molar-refractivity contribution >= 4 is 0 Å². The maximum atomic E-state index is 8.65. The Morgan fingerprint density at radius 3 is 2.90 bits per heavy atom. The Morgan fingerprint density at radius 2 is 2.50 bits per heavy atom. The summed E-state index contributed by atoms with van der Waals surface area (Å²) in [5.41, 5.74) is 0. The Bertz CT molecular complexity index is 85.7. The van der Waals surface area contributed by atoms with Crippen molar-refractivity contribution in [3.05, 3.63) is 12.7 Å². The van der Waals surface area contributed by atoms with Crippen LogP contribution in [0.15, 0.2) is 12.7 Å². The number of hydrogen-bond donors (Lipinski definition) is 2. The fourth-order valence-electron chi connectivity index (χ4n) is 0.569. The van der Waals surface area contributed by atoms with Crippen LogP contribution < -0.4 is 5.32 Å². The highest BCUT2D eigenvalue weighted by Gasteiger charge is 1.97. The zero-order valence-electron chi connectivity index (χ0n) is 6.34. The third-order valence-corrected chi connectivity index (χ3v) is 1.19. The average Bonchev–Trinajstić information content (AvgIpc) is 1.99. The first kappa shape index (κ1) is 9.62. The van der Waals surface area contributed by atoms with E-state index in [9.17, 15) is 0 Å². The summed E-state index contributed by atoms with van der Waals surface area (Å²) in [7, 11) is 1.64. The lowest BCUT2D eigenvalue weighted by Crippen LogP contribution is -2.32. The van der Waals surface area contributed by atoms with Crippen LogP contribution in [0.5, 0.6) is 0 Å². The molecule has 3 heteroatoms. The summed E-state index contributed by atoms with van der Waals surface area (Å²) in [5, 5.41) is 11.7. The van der Waals surface area contributed by atoms with Gasteiger partial charge in [0.1, 0.15) is 0 Å². The molecule has 0 spiro atoms. The maximum Gasteiger partial charge on any atom is 0.0620 e. The monoisotopic (exact) mass is 145 g/mol. The molecule has 60 valence electrons. The van der Waals surface area contributed by atoms with Crippen molar-refractivity contribution in [3.63, 3.8) is 0 Å². The molecule has 0 saturated heterocycles. The molecule has 3 nitrogen and oxygen atoms in total. The highest BCUT2D eigenvalue weighted by molar-refractivity contribution is 4.84. The molecule has 0 rings (SSSR count). The summed E-state index contributed by atoms with van der Waals surface area (Å²) in [6, 6.07) is -0.00449. The lowest BCUT2D eigenvalue weighted by Gasteiger charge is -2.09. The van der Waals surface area contributed by atoms with Gasteiger partial charge in [0.2, 0.25) is 0 Å². The minimum absolute atomic E-state index is 0.00449. The summed E-state index contributed by atoms with van der Waals surface area (Å²) in [4.78, 5) is 0. The Labute approximate surface area is 61.7 Å². The summed E-state index contributed by atoms with van der Waals surface area (Å²) in [6.07, 6.45) is 1.68. The Morgan fingerprint density at radius 1 is 1.80 bits per heavy atom. The molecule has 0 unspecified atom stereocenters. The second-order valence-corrected chi connectivity index (χ2v) is 1.97. The quantitative estimate of drug-likeness (QED) is 0.400. The molecule has 0 aliphatic carbocycles. The molecule has 1 atom stereocenters. The van der Waals surface area contributed by atoms with Crippen molar-refractivity contribution in [2.24, 2.45) is 0 Å². The van der Waals surface area contributed by atoms with Crippen molar-refractivity contribution in [2.45, 2.75) is 6.04 Å². The van der Waals surface area contributed by atoms with Crippen LogP contribution in [0.25, 0.3) is 0 Å². The van der Waals surface area contributed by atoms with Gasteiger partial charge in [0, 0.05) is 19.7 Å². The Kier molecular flexibility index (Phi) is 6.48. The van der Waals surface area contributed by atoms with Gasteiger partial charge in [-0.2, -0.15) is 0 Å². The van der Waals surface area contributed by atoms with E-state index in [-0.39, 0.29) is 12.6 Å². The van der Waals surface area contributed by atoms with Gasteiger partial charge in [0.05, 0.1) is 13.2 Å². The number of methoxy groups -OCH3 is 1. The van der Waals surface area contributed by atoms with Crippen LogP contribution in [0.3, 0.4) is 0 Å². The predicted octanol–water partition coefficient (Wildman–Crippen LogP) is -0.231. The SMILES string of the molecule is C=C[C@@H](CO)NCCOC. The molecule has 0 bridgehead atoms. The normalized spacial score (nSPS) is 13.0. The summed E-state index contributed by atoms with van der Waals surface area (Å²) in [6.45, 7) is 5.04. The van der Waals surface area contributed by atoms with Crippen molar-refractivity contribution in [2.75, 3.05) is 26.9 Å². The molecule has 0 aromatic carbocycles.